The molecule has 0 N–H and O–H groups in total. The third-order valence-corrected chi connectivity index (χ3v) is 2.20. The molecule has 0 amide bonds. The van der Waals surface area contributed by atoms with E-state index in [1.807, 2.05) is 0 Å². The van der Waals surface area contributed by atoms with Crippen molar-refractivity contribution in [3.8, 4) is 5.75 Å². The molecule has 0 radical (unpaired) electrons. The smallest absolute Gasteiger partial charge is 0.175 e. The molecule has 0 fully saturated rings. The second-order valence-electron chi connectivity index (χ2n) is 3.31. The number of rotatable bonds is 3. The van der Waals surface area contributed by atoms with Crippen LogP contribution in [0, 0.1) is 5.82 Å². The highest BCUT2D eigenvalue weighted by Gasteiger charge is 2.15. The fourth-order valence-corrected chi connectivity index (χ4v) is 1.42. The Bertz CT molecular complexity index is 388. The fourth-order valence-electron chi connectivity index (χ4n) is 1.09. The second kappa shape index (κ2) is 4.86. The van der Waals surface area contributed by atoms with E-state index in [4.69, 9.17) is 27.9 Å². The molecular weight excluding hydrogens is 238 g/mol. The van der Waals surface area contributed by atoms with E-state index in [1.165, 1.54) is 12.1 Å². The lowest BCUT2D eigenvalue weighted by Crippen LogP contribution is -2.08. The van der Waals surface area contributed by atoms with Gasteiger partial charge in [0.05, 0.1) is 11.1 Å². The van der Waals surface area contributed by atoms with Gasteiger partial charge in [-0.2, -0.15) is 0 Å². The quantitative estimate of drug-likeness (QED) is 0.767. The van der Waals surface area contributed by atoms with Crippen molar-refractivity contribution >= 4 is 28.2 Å². The van der Waals surface area contributed by atoms with Crippen LogP contribution < -0.4 is 4.74 Å². The minimum absolute atomic E-state index is 0.0194. The summed E-state index contributed by atoms with van der Waals surface area (Å²) in [6.45, 7) is 7.04. The maximum absolute atomic E-state index is 13.8. The molecule has 0 atom stereocenters. The highest BCUT2D eigenvalue weighted by molar-refractivity contribution is 6.48. The van der Waals surface area contributed by atoms with E-state index in [1.54, 1.807) is 13.8 Å². The summed E-state index contributed by atoms with van der Waals surface area (Å²) < 4.78 is 19.0. The molecule has 0 heterocycles. The zero-order valence-corrected chi connectivity index (χ0v) is 9.99. The number of halogens is 3. The van der Waals surface area contributed by atoms with Crippen molar-refractivity contribution in [3.63, 3.8) is 0 Å². The molecule has 15 heavy (non-hydrogen) atoms. The maximum atomic E-state index is 13.8. The fraction of sp³-hybridized carbons (Fsp3) is 0.273. The summed E-state index contributed by atoms with van der Waals surface area (Å²) in [5.74, 6) is -0.554. The first-order valence-electron chi connectivity index (χ1n) is 4.43. The average molecular weight is 249 g/mol. The molecule has 0 aliphatic rings. The van der Waals surface area contributed by atoms with Gasteiger partial charge in [0.15, 0.2) is 11.6 Å². The summed E-state index contributed by atoms with van der Waals surface area (Å²) in [6.07, 6.45) is -0.157. The van der Waals surface area contributed by atoms with Crippen molar-refractivity contribution in [1.29, 1.82) is 0 Å². The van der Waals surface area contributed by atoms with Gasteiger partial charge in [0, 0.05) is 10.6 Å². The van der Waals surface area contributed by atoms with E-state index >= 15 is 0 Å². The summed E-state index contributed by atoms with van der Waals surface area (Å²) in [4.78, 5) is 0. The average Bonchev–Trinajstić information content (AvgIpc) is 2.11. The Balaban J connectivity index is 3.24. The summed E-state index contributed by atoms with van der Waals surface area (Å²) in [6, 6.07) is 3.01. The Morgan fingerprint density at radius 3 is 2.53 bits per heavy atom. The predicted octanol–water partition coefficient (Wildman–Crippen LogP) is 4.48. The summed E-state index contributed by atoms with van der Waals surface area (Å²) in [5.41, 5.74) is 0.205. The SMILES string of the molecule is C=C(Cl)c1ccc(Cl)c(OC(C)C)c1F. The lowest BCUT2D eigenvalue weighted by atomic mass is 10.2. The minimum Gasteiger partial charge on any atom is -0.486 e. The van der Waals surface area contributed by atoms with Gasteiger partial charge < -0.3 is 4.74 Å². The van der Waals surface area contributed by atoms with Crippen LogP contribution >= 0.6 is 23.2 Å². The van der Waals surface area contributed by atoms with E-state index < -0.39 is 5.82 Å². The molecule has 1 aromatic rings. The third kappa shape index (κ3) is 2.86. The van der Waals surface area contributed by atoms with Crippen LogP contribution in [0.15, 0.2) is 18.7 Å². The summed E-state index contributed by atoms with van der Waals surface area (Å²) >= 11 is 11.4. The molecule has 1 nitrogen and oxygen atoms in total. The zero-order chi connectivity index (χ0) is 11.6. The van der Waals surface area contributed by atoms with E-state index in [9.17, 15) is 4.39 Å². The van der Waals surface area contributed by atoms with Crippen LogP contribution in [0.2, 0.25) is 5.02 Å². The standard InChI is InChI=1S/C11H11Cl2FO/c1-6(2)15-11-9(13)5-4-8(7(3)12)10(11)14/h4-6H,3H2,1-2H3. The minimum atomic E-state index is -0.573. The lowest BCUT2D eigenvalue weighted by Gasteiger charge is -2.13. The molecule has 0 aliphatic heterocycles. The Morgan fingerprint density at radius 1 is 1.47 bits per heavy atom. The number of hydrogen-bond donors (Lipinski definition) is 0. The second-order valence-corrected chi connectivity index (χ2v) is 4.17. The van der Waals surface area contributed by atoms with Crippen LogP contribution in [-0.2, 0) is 0 Å². The van der Waals surface area contributed by atoms with Crippen molar-refractivity contribution < 1.29 is 9.13 Å². The Labute approximate surface area is 98.5 Å². The van der Waals surface area contributed by atoms with Crippen molar-refractivity contribution in [1.82, 2.24) is 0 Å². The van der Waals surface area contributed by atoms with Crippen molar-refractivity contribution in [2.24, 2.45) is 0 Å². The Kier molecular flexibility index (Phi) is 4.00. The lowest BCUT2D eigenvalue weighted by molar-refractivity contribution is 0.231. The van der Waals surface area contributed by atoms with Gasteiger partial charge in [-0.25, -0.2) is 4.39 Å². The van der Waals surface area contributed by atoms with Gasteiger partial charge in [-0.1, -0.05) is 29.8 Å². The van der Waals surface area contributed by atoms with Crippen molar-refractivity contribution in [2.45, 2.75) is 20.0 Å². The molecule has 0 aromatic heterocycles. The number of hydrogen-bond acceptors (Lipinski definition) is 1. The van der Waals surface area contributed by atoms with Crippen LogP contribution in [0.4, 0.5) is 4.39 Å². The molecule has 0 saturated carbocycles. The van der Waals surface area contributed by atoms with Gasteiger partial charge in [-0.15, -0.1) is 0 Å². The van der Waals surface area contributed by atoms with Crippen molar-refractivity contribution in [2.75, 3.05) is 0 Å². The van der Waals surface area contributed by atoms with Gasteiger partial charge in [0.1, 0.15) is 0 Å². The van der Waals surface area contributed by atoms with E-state index in [0.29, 0.717) is 0 Å². The molecule has 0 saturated heterocycles. The monoisotopic (exact) mass is 248 g/mol. The number of benzene rings is 1. The molecule has 4 heteroatoms. The Morgan fingerprint density at radius 2 is 2.07 bits per heavy atom. The molecule has 1 aromatic carbocycles. The normalized spacial score (nSPS) is 10.5. The molecule has 82 valence electrons. The van der Waals surface area contributed by atoms with E-state index in [2.05, 4.69) is 6.58 Å². The third-order valence-electron chi connectivity index (χ3n) is 1.69. The van der Waals surface area contributed by atoms with E-state index in [0.717, 1.165) is 0 Å². The molecule has 0 aliphatic carbocycles. The highest BCUT2D eigenvalue weighted by atomic mass is 35.5. The molecule has 0 spiro atoms. The van der Waals surface area contributed by atoms with Gasteiger partial charge in [-0.05, 0) is 26.0 Å². The first-order chi connectivity index (χ1) is 6.93. The van der Waals surface area contributed by atoms with Crippen LogP contribution in [0.1, 0.15) is 19.4 Å². The Hall–Kier alpha value is -0.730. The zero-order valence-electron chi connectivity index (χ0n) is 8.48. The number of ether oxygens (including phenoxy) is 1. The molecular formula is C11H11Cl2FO. The first-order valence-corrected chi connectivity index (χ1v) is 5.18. The van der Waals surface area contributed by atoms with Gasteiger partial charge in [0.2, 0.25) is 0 Å². The van der Waals surface area contributed by atoms with E-state index in [-0.39, 0.29) is 27.5 Å². The molecule has 1 rings (SSSR count). The predicted molar refractivity (Wildman–Crippen MR) is 62.1 cm³/mol. The molecule has 0 bridgehead atoms. The van der Waals surface area contributed by atoms with Gasteiger partial charge in [-0.3, -0.25) is 0 Å². The summed E-state index contributed by atoms with van der Waals surface area (Å²) in [7, 11) is 0. The topological polar surface area (TPSA) is 9.23 Å². The highest BCUT2D eigenvalue weighted by Crippen LogP contribution is 2.34. The van der Waals surface area contributed by atoms with Gasteiger partial charge >= 0.3 is 0 Å². The van der Waals surface area contributed by atoms with Crippen LogP contribution in [0.5, 0.6) is 5.75 Å². The van der Waals surface area contributed by atoms with Crippen molar-refractivity contribution in [3.05, 3.63) is 35.1 Å². The maximum Gasteiger partial charge on any atom is 0.175 e. The van der Waals surface area contributed by atoms with Crippen LogP contribution in [0.3, 0.4) is 0 Å². The largest absolute Gasteiger partial charge is 0.486 e. The van der Waals surface area contributed by atoms with Crippen LogP contribution in [-0.4, -0.2) is 6.10 Å². The summed E-state index contributed by atoms with van der Waals surface area (Å²) in [5, 5.41) is 0.348. The van der Waals surface area contributed by atoms with Gasteiger partial charge in [0.25, 0.3) is 0 Å². The molecule has 0 unspecified atom stereocenters. The van der Waals surface area contributed by atoms with Crippen LogP contribution in [0.25, 0.3) is 5.03 Å². The first kappa shape index (κ1) is 12.3.